The maximum absolute atomic E-state index is 12.9. The number of ether oxygens (including phenoxy) is 3. The van der Waals surface area contributed by atoms with Crippen LogP contribution in [0.4, 0.5) is 0 Å². The minimum Gasteiger partial charge on any atom is -0.462 e. The lowest BCUT2D eigenvalue weighted by molar-refractivity contribution is -0.167. The summed E-state index contributed by atoms with van der Waals surface area (Å²) in [4.78, 5) is 38.3. The normalized spacial score (nSPS) is 12.0. The van der Waals surface area contributed by atoms with Crippen LogP contribution >= 0.6 is 0 Å². The number of carbonyl (C=O) groups is 3. The molecule has 0 rings (SSSR count). The van der Waals surface area contributed by atoms with Crippen LogP contribution in [-0.2, 0) is 28.6 Å². The van der Waals surface area contributed by atoms with Crippen LogP contribution in [0, 0.1) is 0 Å². The van der Waals surface area contributed by atoms with E-state index in [1.54, 1.807) is 0 Å². The molecule has 70 heavy (non-hydrogen) atoms. The van der Waals surface area contributed by atoms with Crippen molar-refractivity contribution in [1.82, 2.24) is 0 Å². The second-order valence-corrected chi connectivity index (χ2v) is 21.7. The highest BCUT2D eigenvalue weighted by atomic mass is 16.6. The molecule has 0 unspecified atom stereocenters. The minimum absolute atomic E-state index is 0.0660. The third-order valence-corrected chi connectivity index (χ3v) is 14.5. The van der Waals surface area contributed by atoms with E-state index in [0.717, 1.165) is 64.2 Å². The molecule has 0 aromatic heterocycles. The van der Waals surface area contributed by atoms with E-state index in [9.17, 15) is 14.4 Å². The fourth-order valence-corrected chi connectivity index (χ4v) is 9.74. The second kappa shape index (κ2) is 59.7. The molecule has 0 aliphatic heterocycles. The van der Waals surface area contributed by atoms with Crippen molar-refractivity contribution in [3.8, 4) is 0 Å². The van der Waals surface area contributed by atoms with Crippen molar-refractivity contribution >= 4 is 17.9 Å². The smallest absolute Gasteiger partial charge is 0.306 e. The Bertz CT molecular complexity index is 1090. The van der Waals surface area contributed by atoms with Crippen molar-refractivity contribution in [2.75, 3.05) is 13.2 Å². The molecule has 414 valence electrons. The van der Waals surface area contributed by atoms with Gasteiger partial charge in [0.15, 0.2) is 6.10 Å². The molecule has 0 amide bonds. The maximum atomic E-state index is 12.9. The topological polar surface area (TPSA) is 78.9 Å². The Morgan fingerprint density at radius 1 is 0.271 bits per heavy atom. The van der Waals surface area contributed by atoms with E-state index >= 15 is 0 Å². The Hall–Kier alpha value is -1.85. The van der Waals surface area contributed by atoms with Crippen LogP contribution in [0.5, 0.6) is 0 Å². The quantitative estimate of drug-likeness (QED) is 0.0261. The third-order valence-electron chi connectivity index (χ3n) is 14.5. The van der Waals surface area contributed by atoms with Gasteiger partial charge in [-0.15, -0.1) is 0 Å². The molecule has 1 atom stereocenters. The summed E-state index contributed by atoms with van der Waals surface area (Å²) in [5.41, 5.74) is 0. The van der Waals surface area contributed by atoms with Crippen LogP contribution in [0.1, 0.15) is 361 Å². The summed E-state index contributed by atoms with van der Waals surface area (Å²) in [6.07, 6.45) is 69.2. The first-order chi connectivity index (χ1) is 34.5. The number of unbranched alkanes of at least 4 members (excludes halogenated alkanes) is 46. The number of hydrogen-bond acceptors (Lipinski definition) is 6. The summed E-state index contributed by atoms with van der Waals surface area (Å²) in [6.45, 7) is 6.71. The Labute approximate surface area is 437 Å². The van der Waals surface area contributed by atoms with Gasteiger partial charge in [-0.2, -0.15) is 0 Å². The average molecular weight is 988 g/mol. The van der Waals surface area contributed by atoms with Crippen molar-refractivity contribution in [1.29, 1.82) is 0 Å². The number of carbonyl (C=O) groups excluding carboxylic acids is 3. The van der Waals surface area contributed by atoms with E-state index < -0.39 is 6.10 Å². The zero-order valence-corrected chi connectivity index (χ0v) is 47.6. The molecule has 0 bridgehead atoms. The first kappa shape index (κ1) is 68.2. The van der Waals surface area contributed by atoms with Gasteiger partial charge in [-0.05, 0) is 44.9 Å². The van der Waals surface area contributed by atoms with Gasteiger partial charge in [0.2, 0.25) is 0 Å². The van der Waals surface area contributed by atoms with E-state index in [1.165, 1.54) is 257 Å². The first-order valence-corrected chi connectivity index (χ1v) is 31.7. The molecule has 0 radical (unpaired) electrons. The van der Waals surface area contributed by atoms with Gasteiger partial charge in [0.25, 0.3) is 0 Å². The lowest BCUT2D eigenvalue weighted by Gasteiger charge is -2.18. The molecule has 0 heterocycles. The zero-order valence-electron chi connectivity index (χ0n) is 47.6. The van der Waals surface area contributed by atoms with Crippen molar-refractivity contribution in [3.05, 3.63) is 12.2 Å². The van der Waals surface area contributed by atoms with Gasteiger partial charge in [0.05, 0.1) is 0 Å². The molecular formula is C64H122O6. The molecule has 0 aliphatic carbocycles. The lowest BCUT2D eigenvalue weighted by Crippen LogP contribution is -2.30. The molecule has 6 nitrogen and oxygen atoms in total. The molecule has 0 N–H and O–H groups in total. The van der Waals surface area contributed by atoms with Gasteiger partial charge in [0.1, 0.15) is 13.2 Å². The van der Waals surface area contributed by atoms with E-state index in [-0.39, 0.29) is 31.1 Å². The molecule has 0 aromatic rings. The largest absolute Gasteiger partial charge is 0.462 e. The highest BCUT2D eigenvalue weighted by molar-refractivity contribution is 5.71. The molecule has 0 fully saturated rings. The highest BCUT2D eigenvalue weighted by Crippen LogP contribution is 2.18. The van der Waals surface area contributed by atoms with Crippen molar-refractivity contribution in [3.63, 3.8) is 0 Å². The average Bonchev–Trinajstić information content (AvgIpc) is 3.36. The molecule has 6 heteroatoms. The molecular weight excluding hydrogens is 865 g/mol. The number of rotatable bonds is 59. The fourth-order valence-electron chi connectivity index (χ4n) is 9.74. The molecule has 0 saturated heterocycles. The standard InChI is InChI=1S/C64H122O6/c1-4-7-10-13-16-19-22-25-28-31-32-34-36-39-42-45-48-51-54-57-63(66)69-60-61(59-68-62(65)56-53-50-47-44-41-38-35-30-27-24-21-18-15-12-9-6-3)70-64(67)58-55-52-49-46-43-40-37-33-29-26-23-20-17-14-11-8-5-2/h30,35,61H,4-29,31-34,36-60H2,1-3H3/b35-30-/t61-/m1/s1. The predicted molar refractivity (Wildman–Crippen MR) is 303 cm³/mol. The Morgan fingerprint density at radius 3 is 0.714 bits per heavy atom. The van der Waals surface area contributed by atoms with E-state index in [1.807, 2.05) is 0 Å². The van der Waals surface area contributed by atoms with Gasteiger partial charge in [0, 0.05) is 19.3 Å². The number of allylic oxidation sites excluding steroid dienone is 2. The van der Waals surface area contributed by atoms with Crippen LogP contribution in [0.2, 0.25) is 0 Å². The summed E-state index contributed by atoms with van der Waals surface area (Å²) < 4.78 is 16.9. The lowest BCUT2D eigenvalue weighted by atomic mass is 10.0. The molecule has 0 saturated carbocycles. The third kappa shape index (κ3) is 57.1. The Balaban J connectivity index is 4.30. The van der Waals surface area contributed by atoms with Crippen LogP contribution < -0.4 is 0 Å². The van der Waals surface area contributed by atoms with E-state index in [2.05, 4.69) is 32.9 Å². The summed E-state index contributed by atoms with van der Waals surface area (Å²) in [5, 5.41) is 0. The van der Waals surface area contributed by atoms with Crippen molar-refractivity contribution in [2.45, 2.75) is 367 Å². The van der Waals surface area contributed by atoms with Gasteiger partial charge < -0.3 is 14.2 Å². The van der Waals surface area contributed by atoms with Gasteiger partial charge in [-0.3, -0.25) is 14.4 Å². The van der Waals surface area contributed by atoms with E-state index in [0.29, 0.717) is 19.3 Å². The van der Waals surface area contributed by atoms with Crippen LogP contribution in [0.15, 0.2) is 12.2 Å². The molecule has 0 aromatic carbocycles. The van der Waals surface area contributed by atoms with Crippen molar-refractivity contribution in [2.24, 2.45) is 0 Å². The Morgan fingerprint density at radius 2 is 0.471 bits per heavy atom. The maximum Gasteiger partial charge on any atom is 0.306 e. The zero-order chi connectivity index (χ0) is 50.7. The van der Waals surface area contributed by atoms with Gasteiger partial charge in [-0.1, -0.05) is 309 Å². The summed E-state index contributed by atoms with van der Waals surface area (Å²) >= 11 is 0. The predicted octanol–water partition coefficient (Wildman–Crippen LogP) is 21.3. The van der Waals surface area contributed by atoms with Gasteiger partial charge >= 0.3 is 17.9 Å². The van der Waals surface area contributed by atoms with Crippen LogP contribution in [0.3, 0.4) is 0 Å². The van der Waals surface area contributed by atoms with Crippen LogP contribution in [0.25, 0.3) is 0 Å². The Kier molecular flexibility index (Phi) is 58.1. The number of hydrogen-bond donors (Lipinski definition) is 0. The SMILES string of the molecule is CCCCCCCCC/C=C\CCCCCCCC(=O)OC[C@H](COC(=O)CCCCCCCCCCCCCCCCCCCCC)OC(=O)CCCCCCCCCCCCCCCCCCC. The van der Waals surface area contributed by atoms with E-state index in [4.69, 9.17) is 14.2 Å². The first-order valence-electron chi connectivity index (χ1n) is 31.7. The summed E-state index contributed by atoms with van der Waals surface area (Å²) in [6, 6.07) is 0. The molecule has 0 aliphatic rings. The minimum atomic E-state index is -0.768. The summed E-state index contributed by atoms with van der Waals surface area (Å²) in [7, 11) is 0. The molecule has 0 spiro atoms. The highest BCUT2D eigenvalue weighted by Gasteiger charge is 2.19. The van der Waals surface area contributed by atoms with Crippen LogP contribution in [-0.4, -0.2) is 37.2 Å². The van der Waals surface area contributed by atoms with Crippen molar-refractivity contribution < 1.29 is 28.6 Å². The summed E-state index contributed by atoms with van der Waals surface area (Å²) in [5.74, 6) is -0.844. The second-order valence-electron chi connectivity index (χ2n) is 21.7. The monoisotopic (exact) mass is 987 g/mol. The fraction of sp³-hybridized carbons (Fsp3) is 0.922. The van der Waals surface area contributed by atoms with Gasteiger partial charge in [-0.25, -0.2) is 0 Å². The number of esters is 3.